The number of para-hydroxylation sites is 1. The van der Waals surface area contributed by atoms with Crippen molar-refractivity contribution < 1.29 is 0 Å². The van der Waals surface area contributed by atoms with Gasteiger partial charge in [0.15, 0.2) is 0 Å². The van der Waals surface area contributed by atoms with Gasteiger partial charge in [-0.05, 0) is 30.7 Å². The molecule has 3 aromatic rings. The van der Waals surface area contributed by atoms with Crippen LogP contribution in [0.3, 0.4) is 0 Å². The number of rotatable bonds is 3. The molecule has 0 aliphatic carbocycles. The predicted octanol–water partition coefficient (Wildman–Crippen LogP) is 3.22. The summed E-state index contributed by atoms with van der Waals surface area (Å²) in [6.07, 6.45) is 11.0. The molecule has 3 rings (SSSR count). The van der Waals surface area contributed by atoms with Crippen LogP contribution in [0, 0.1) is 0 Å². The van der Waals surface area contributed by atoms with E-state index >= 15 is 0 Å². The highest BCUT2D eigenvalue weighted by Gasteiger charge is 2.01. The predicted molar refractivity (Wildman–Crippen MR) is 79.1 cm³/mol. The molecule has 98 valence electrons. The second kappa shape index (κ2) is 5.48. The molecule has 1 aromatic carbocycles. The molecular formula is C16H14N4. The summed E-state index contributed by atoms with van der Waals surface area (Å²) in [6.45, 7) is 2.02. The van der Waals surface area contributed by atoms with Gasteiger partial charge in [-0.2, -0.15) is 5.10 Å². The number of nitrogens with zero attached hydrogens (tertiary/aromatic N) is 4. The van der Waals surface area contributed by atoms with E-state index < -0.39 is 0 Å². The third-order valence-electron chi connectivity index (χ3n) is 2.97. The number of aromatic nitrogens is 4. The maximum Gasteiger partial charge on any atom is 0.0842 e. The van der Waals surface area contributed by atoms with Crippen molar-refractivity contribution in [2.45, 2.75) is 6.92 Å². The maximum absolute atomic E-state index is 4.37. The van der Waals surface area contributed by atoms with Gasteiger partial charge in [-0.1, -0.05) is 18.2 Å². The van der Waals surface area contributed by atoms with Crippen LogP contribution in [0.25, 0.3) is 17.3 Å². The van der Waals surface area contributed by atoms with Crippen LogP contribution in [0.2, 0.25) is 0 Å². The molecule has 2 aromatic heterocycles. The Hall–Kier alpha value is -2.75. The van der Waals surface area contributed by atoms with E-state index in [4.69, 9.17) is 0 Å². The van der Waals surface area contributed by atoms with Gasteiger partial charge >= 0.3 is 0 Å². The van der Waals surface area contributed by atoms with E-state index in [1.807, 2.05) is 54.3 Å². The summed E-state index contributed by atoms with van der Waals surface area (Å²) in [4.78, 5) is 8.36. The quantitative estimate of drug-likeness (QED) is 0.728. The molecule has 0 bridgehead atoms. The van der Waals surface area contributed by atoms with Crippen molar-refractivity contribution >= 4 is 11.6 Å². The van der Waals surface area contributed by atoms with Gasteiger partial charge in [0.1, 0.15) is 0 Å². The molecule has 0 spiro atoms. The van der Waals surface area contributed by atoms with E-state index in [0.717, 1.165) is 22.5 Å². The molecule has 0 atom stereocenters. The van der Waals surface area contributed by atoms with Gasteiger partial charge in [0.2, 0.25) is 0 Å². The second-order valence-corrected chi connectivity index (χ2v) is 4.47. The summed E-state index contributed by atoms with van der Waals surface area (Å²) in [6, 6.07) is 10.0. The Morgan fingerprint density at radius 2 is 1.95 bits per heavy atom. The minimum Gasteiger partial charge on any atom is -0.261 e. The number of benzene rings is 1. The Bertz CT molecular complexity index is 715. The van der Waals surface area contributed by atoms with Crippen LogP contribution in [0.15, 0.2) is 61.3 Å². The zero-order chi connectivity index (χ0) is 13.8. The van der Waals surface area contributed by atoms with E-state index in [9.17, 15) is 0 Å². The van der Waals surface area contributed by atoms with Gasteiger partial charge < -0.3 is 0 Å². The largest absolute Gasteiger partial charge is 0.261 e. The first-order chi connectivity index (χ1) is 9.83. The Kier molecular flexibility index (Phi) is 3.37. The minimum atomic E-state index is 0.875. The minimum absolute atomic E-state index is 0.875. The molecule has 0 unspecified atom stereocenters. The highest BCUT2D eigenvalue weighted by molar-refractivity contribution is 5.77. The molecular weight excluding hydrogens is 248 g/mol. The number of allylic oxidation sites excluding steroid dienone is 1. The van der Waals surface area contributed by atoms with Crippen molar-refractivity contribution in [3.05, 3.63) is 72.6 Å². The summed E-state index contributed by atoms with van der Waals surface area (Å²) in [5.74, 6) is 0. The van der Waals surface area contributed by atoms with Crippen molar-refractivity contribution in [2.75, 3.05) is 0 Å². The smallest absolute Gasteiger partial charge is 0.0842 e. The molecule has 4 nitrogen and oxygen atoms in total. The molecule has 0 saturated heterocycles. The monoisotopic (exact) mass is 262 g/mol. The van der Waals surface area contributed by atoms with Crippen LogP contribution in [0.5, 0.6) is 0 Å². The lowest BCUT2D eigenvalue weighted by molar-refractivity contribution is 0.880. The van der Waals surface area contributed by atoms with Crippen molar-refractivity contribution in [3.63, 3.8) is 0 Å². The molecule has 20 heavy (non-hydrogen) atoms. The summed E-state index contributed by atoms with van der Waals surface area (Å²) in [5, 5.41) is 4.37. The lowest BCUT2D eigenvalue weighted by Gasteiger charge is -1.99. The normalized spacial score (nSPS) is 11.6. The summed E-state index contributed by atoms with van der Waals surface area (Å²) < 4.78 is 1.86. The molecule has 4 heteroatoms. The van der Waals surface area contributed by atoms with E-state index in [1.165, 1.54) is 0 Å². The zero-order valence-corrected chi connectivity index (χ0v) is 11.1. The molecule has 2 heterocycles. The first kappa shape index (κ1) is 12.3. The number of hydrogen-bond acceptors (Lipinski definition) is 3. The van der Waals surface area contributed by atoms with Gasteiger partial charge in [0, 0.05) is 24.2 Å². The average molecular weight is 262 g/mol. The summed E-state index contributed by atoms with van der Waals surface area (Å²) >= 11 is 0. The van der Waals surface area contributed by atoms with E-state index in [-0.39, 0.29) is 0 Å². The molecule has 0 fully saturated rings. The lowest BCUT2D eigenvalue weighted by Crippen LogP contribution is -1.92. The fourth-order valence-corrected chi connectivity index (χ4v) is 1.96. The topological polar surface area (TPSA) is 43.6 Å². The third-order valence-corrected chi connectivity index (χ3v) is 2.97. The Morgan fingerprint density at radius 3 is 2.70 bits per heavy atom. The van der Waals surface area contributed by atoms with Crippen molar-refractivity contribution in [2.24, 2.45) is 0 Å². The summed E-state index contributed by atoms with van der Waals surface area (Å²) in [7, 11) is 0. The van der Waals surface area contributed by atoms with Crippen LogP contribution in [0.1, 0.15) is 18.2 Å². The number of hydrogen-bond donors (Lipinski definition) is 0. The van der Waals surface area contributed by atoms with Crippen molar-refractivity contribution in [3.8, 4) is 5.69 Å². The first-order valence-electron chi connectivity index (χ1n) is 6.38. The zero-order valence-electron chi connectivity index (χ0n) is 11.1. The molecule has 0 aliphatic rings. The lowest BCUT2D eigenvalue weighted by atomic mass is 10.1. The molecule has 0 amide bonds. The molecule has 0 saturated carbocycles. The second-order valence-electron chi connectivity index (χ2n) is 4.47. The Morgan fingerprint density at radius 1 is 1.10 bits per heavy atom. The Labute approximate surface area is 117 Å². The van der Waals surface area contributed by atoms with Crippen molar-refractivity contribution in [1.29, 1.82) is 0 Å². The van der Waals surface area contributed by atoms with Crippen LogP contribution in [-0.2, 0) is 0 Å². The molecule has 0 N–H and O–H groups in total. The van der Waals surface area contributed by atoms with Gasteiger partial charge in [-0.3, -0.25) is 9.97 Å². The van der Waals surface area contributed by atoms with E-state index in [0.29, 0.717) is 0 Å². The SMILES string of the molecule is C/C(=C\c1cnn(-c2ccccc2)c1)c1cnccn1. The maximum atomic E-state index is 4.37. The van der Waals surface area contributed by atoms with Gasteiger partial charge in [0.25, 0.3) is 0 Å². The highest BCUT2D eigenvalue weighted by atomic mass is 15.3. The van der Waals surface area contributed by atoms with Gasteiger partial charge in [-0.15, -0.1) is 0 Å². The van der Waals surface area contributed by atoms with E-state index in [1.54, 1.807) is 18.6 Å². The standard InChI is InChI=1S/C16H14N4/c1-13(16-11-17-7-8-18-16)9-14-10-19-20(12-14)15-5-3-2-4-6-15/h2-12H,1H3/b13-9+. The first-order valence-corrected chi connectivity index (χ1v) is 6.38. The summed E-state index contributed by atoms with van der Waals surface area (Å²) in [5.41, 5.74) is 4.02. The van der Waals surface area contributed by atoms with Crippen molar-refractivity contribution in [1.82, 2.24) is 19.7 Å². The third kappa shape index (κ3) is 2.64. The van der Waals surface area contributed by atoms with E-state index in [2.05, 4.69) is 21.1 Å². The Balaban J connectivity index is 1.88. The average Bonchev–Trinajstić information content (AvgIpc) is 2.97. The highest BCUT2D eigenvalue weighted by Crippen LogP contribution is 2.15. The van der Waals surface area contributed by atoms with Crippen LogP contribution in [-0.4, -0.2) is 19.7 Å². The fourth-order valence-electron chi connectivity index (χ4n) is 1.96. The fraction of sp³-hybridized carbons (Fsp3) is 0.0625. The van der Waals surface area contributed by atoms with Gasteiger partial charge in [-0.25, -0.2) is 4.68 Å². The van der Waals surface area contributed by atoms with Gasteiger partial charge in [0.05, 0.1) is 23.8 Å². The van der Waals surface area contributed by atoms with Crippen LogP contribution in [0.4, 0.5) is 0 Å². The molecule has 0 aliphatic heterocycles. The van der Waals surface area contributed by atoms with Crippen LogP contribution >= 0.6 is 0 Å². The molecule has 0 radical (unpaired) electrons. The van der Waals surface area contributed by atoms with Crippen LogP contribution < -0.4 is 0 Å².